The molecular formula is C22H23N3O6S. The summed E-state index contributed by atoms with van der Waals surface area (Å²) in [5.74, 6) is 0.326. The van der Waals surface area contributed by atoms with Crippen LogP contribution in [0.25, 0.3) is 0 Å². The molecule has 0 amide bonds. The number of anilines is 2. The van der Waals surface area contributed by atoms with Crippen LogP contribution in [0.1, 0.15) is 11.1 Å². The van der Waals surface area contributed by atoms with Gasteiger partial charge in [-0.05, 0) is 29.3 Å². The molecule has 0 aliphatic rings. The molecule has 3 aromatic carbocycles. The minimum Gasteiger partial charge on any atom is -0.495 e. The van der Waals surface area contributed by atoms with E-state index in [4.69, 9.17) is 9.47 Å². The Morgan fingerprint density at radius 1 is 0.938 bits per heavy atom. The van der Waals surface area contributed by atoms with E-state index in [2.05, 4.69) is 10.0 Å². The lowest BCUT2D eigenvalue weighted by molar-refractivity contribution is -0.385. The Labute approximate surface area is 186 Å². The molecule has 2 N–H and O–H groups in total. The maximum absolute atomic E-state index is 13.2. The highest BCUT2D eigenvalue weighted by molar-refractivity contribution is 7.93. The van der Waals surface area contributed by atoms with Crippen molar-refractivity contribution in [2.75, 3.05) is 24.3 Å². The highest BCUT2D eigenvalue weighted by Crippen LogP contribution is 2.31. The molecule has 0 spiro atoms. The van der Waals surface area contributed by atoms with Crippen LogP contribution < -0.4 is 14.8 Å². The van der Waals surface area contributed by atoms with Crippen LogP contribution in [0.3, 0.4) is 0 Å². The normalized spacial score (nSPS) is 11.1. The van der Waals surface area contributed by atoms with Gasteiger partial charge in [0.05, 0.1) is 30.0 Å². The fourth-order valence-corrected chi connectivity index (χ4v) is 4.31. The second-order valence-corrected chi connectivity index (χ2v) is 8.50. The largest absolute Gasteiger partial charge is 0.495 e. The summed E-state index contributed by atoms with van der Waals surface area (Å²) < 4.78 is 39.0. The van der Waals surface area contributed by atoms with Crippen LogP contribution in [0.2, 0.25) is 0 Å². The van der Waals surface area contributed by atoms with Gasteiger partial charge in [-0.2, -0.15) is 0 Å². The van der Waals surface area contributed by atoms with Crippen LogP contribution in [0.15, 0.2) is 71.6 Å². The van der Waals surface area contributed by atoms with Crippen molar-refractivity contribution in [2.24, 2.45) is 0 Å². The van der Waals surface area contributed by atoms with Crippen LogP contribution in [0.4, 0.5) is 17.1 Å². The number of benzene rings is 3. The minimum atomic E-state index is -4.16. The zero-order valence-corrected chi connectivity index (χ0v) is 18.4. The molecular weight excluding hydrogens is 434 g/mol. The maximum Gasteiger partial charge on any atom is 0.270 e. The van der Waals surface area contributed by atoms with Crippen molar-refractivity contribution >= 4 is 27.1 Å². The number of para-hydroxylation sites is 2. The number of ether oxygens (including phenoxy) is 2. The van der Waals surface area contributed by atoms with Crippen LogP contribution in [-0.4, -0.2) is 27.6 Å². The summed E-state index contributed by atoms with van der Waals surface area (Å²) in [5, 5.41) is 14.3. The number of nitro groups is 1. The number of hydrogen-bond donors (Lipinski definition) is 2. The van der Waals surface area contributed by atoms with E-state index in [1.54, 1.807) is 31.4 Å². The van der Waals surface area contributed by atoms with Gasteiger partial charge in [0.15, 0.2) is 0 Å². The van der Waals surface area contributed by atoms with Gasteiger partial charge in [-0.3, -0.25) is 14.8 Å². The summed E-state index contributed by atoms with van der Waals surface area (Å²) in [4.78, 5) is 10.4. The topological polar surface area (TPSA) is 120 Å². The predicted molar refractivity (Wildman–Crippen MR) is 121 cm³/mol. The molecule has 3 rings (SSSR count). The number of non-ortho nitro benzene ring substituents is 1. The van der Waals surface area contributed by atoms with Crippen molar-refractivity contribution in [1.29, 1.82) is 0 Å². The molecule has 3 aromatic rings. The molecule has 0 saturated carbocycles. The van der Waals surface area contributed by atoms with Crippen molar-refractivity contribution in [2.45, 2.75) is 18.0 Å². The SMILES string of the molecule is COCc1ccc(CNc2ccc([N+](=O)[O-])cc2S(=O)(=O)Nc2ccccc2OC)cc1. The van der Waals surface area contributed by atoms with Gasteiger partial charge in [0.2, 0.25) is 0 Å². The van der Waals surface area contributed by atoms with Gasteiger partial charge < -0.3 is 14.8 Å². The van der Waals surface area contributed by atoms with E-state index in [1.165, 1.54) is 19.2 Å². The lowest BCUT2D eigenvalue weighted by atomic mass is 10.1. The molecule has 0 bridgehead atoms. The van der Waals surface area contributed by atoms with Gasteiger partial charge in [0.1, 0.15) is 10.6 Å². The first kappa shape index (κ1) is 23.0. The van der Waals surface area contributed by atoms with Crippen molar-refractivity contribution in [3.05, 3.63) is 88.0 Å². The molecule has 32 heavy (non-hydrogen) atoms. The first-order valence-corrected chi connectivity index (χ1v) is 11.1. The molecule has 0 saturated heterocycles. The molecule has 9 nitrogen and oxygen atoms in total. The maximum atomic E-state index is 13.2. The number of sulfonamides is 1. The molecule has 0 aliphatic carbocycles. The van der Waals surface area contributed by atoms with Gasteiger partial charge in [0, 0.05) is 25.8 Å². The van der Waals surface area contributed by atoms with Crippen LogP contribution in [0.5, 0.6) is 5.75 Å². The Morgan fingerprint density at radius 3 is 2.28 bits per heavy atom. The van der Waals surface area contributed by atoms with E-state index < -0.39 is 14.9 Å². The van der Waals surface area contributed by atoms with Gasteiger partial charge in [0.25, 0.3) is 15.7 Å². The summed E-state index contributed by atoms with van der Waals surface area (Å²) in [6, 6.07) is 17.8. The second-order valence-electron chi connectivity index (χ2n) is 6.85. The van der Waals surface area contributed by atoms with Crippen molar-refractivity contribution in [3.63, 3.8) is 0 Å². The first-order chi connectivity index (χ1) is 15.3. The number of nitrogens with zero attached hydrogens (tertiary/aromatic N) is 1. The zero-order chi connectivity index (χ0) is 23.1. The molecule has 0 radical (unpaired) electrons. The quantitative estimate of drug-likeness (QED) is 0.346. The van der Waals surface area contributed by atoms with Crippen LogP contribution >= 0.6 is 0 Å². The Balaban J connectivity index is 1.91. The Morgan fingerprint density at radius 2 is 1.62 bits per heavy atom. The summed E-state index contributed by atoms with van der Waals surface area (Å²) >= 11 is 0. The van der Waals surface area contributed by atoms with E-state index in [0.29, 0.717) is 18.9 Å². The number of methoxy groups -OCH3 is 2. The van der Waals surface area contributed by atoms with E-state index in [0.717, 1.165) is 17.2 Å². The molecule has 168 valence electrons. The Hall–Kier alpha value is -3.63. The minimum absolute atomic E-state index is 0.223. The van der Waals surface area contributed by atoms with Gasteiger partial charge >= 0.3 is 0 Å². The second kappa shape index (κ2) is 10.1. The number of nitrogens with one attached hydrogen (secondary N) is 2. The molecule has 0 unspecified atom stereocenters. The number of nitro benzene ring substituents is 1. The number of hydrogen-bond acceptors (Lipinski definition) is 7. The fourth-order valence-electron chi connectivity index (χ4n) is 3.04. The third-order valence-electron chi connectivity index (χ3n) is 4.63. The van der Waals surface area contributed by atoms with E-state index >= 15 is 0 Å². The molecule has 0 aliphatic heterocycles. The smallest absolute Gasteiger partial charge is 0.270 e. The van der Waals surface area contributed by atoms with Gasteiger partial charge in [-0.1, -0.05) is 36.4 Å². The summed E-state index contributed by atoms with van der Waals surface area (Å²) in [6.07, 6.45) is 0. The first-order valence-electron chi connectivity index (χ1n) is 9.59. The summed E-state index contributed by atoms with van der Waals surface area (Å²) in [5.41, 5.74) is 2.04. The number of rotatable bonds is 10. The highest BCUT2D eigenvalue weighted by atomic mass is 32.2. The van der Waals surface area contributed by atoms with Crippen molar-refractivity contribution in [3.8, 4) is 5.75 Å². The van der Waals surface area contributed by atoms with E-state index in [-0.39, 0.29) is 22.0 Å². The molecule has 0 atom stereocenters. The summed E-state index contributed by atoms with van der Waals surface area (Å²) in [7, 11) is -1.13. The third-order valence-corrected chi connectivity index (χ3v) is 6.04. The molecule has 10 heteroatoms. The van der Waals surface area contributed by atoms with Crippen LogP contribution in [0, 0.1) is 10.1 Å². The zero-order valence-electron chi connectivity index (χ0n) is 17.6. The standard InChI is InChI=1S/C22H23N3O6S/c1-30-15-17-9-7-16(8-10-17)14-23-20-12-11-18(25(26)27)13-22(20)32(28,29)24-19-5-3-4-6-21(19)31-2/h3-13,23-24H,14-15H2,1-2H3. The Kier molecular flexibility index (Phi) is 7.29. The molecule has 0 aromatic heterocycles. The van der Waals surface area contributed by atoms with Gasteiger partial charge in [-0.15, -0.1) is 0 Å². The Bertz CT molecular complexity index is 1200. The molecule has 0 fully saturated rings. The van der Waals surface area contributed by atoms with Crippen molar-refractivity contribution < 1.29 is 22.8 Å². The summed E-state index contributed by atoms with van der Waals surface area (Å²) in [6.45, 7) is 0.815. The lowest BCUT2D eigenvalue weighted by Gasteiger charge is -2.15. The average molecular weight is 458 g/mol. The highest BCUT2D eigenvalue weighted by Gasteiger charge is 2.23. The van der Waals surface area contributed by atoms with Gasteiger partial charge in [-0.25, -0.2) is 8.42 Å². The predicted octanol–water partition coefficient (Wildman–Crippen LogP) is 4.16. The van der Waals surface area contributed by atoms with E-state index in [1.807, 2.05) is 24.3 Å². The fraction of sp³-hybridized carbons (Fsp3) is 0.182. The lowest BCUT2D eigenvalue weighted by Crippen LogP contribution is -2.16. The van der Waals surface area contributed by atoms with E-state index in [9.17, 15) is 18.5 Å². The van der Waals surface area contributed by atoms with Crippen molar-refractivity contribution in [1.82, 2.24) is 0 Å². The third kappa shape index (κ3) is 5.54. The monoisotopic (exact) mass is 457 g/mol. The molecule has 0 heterocycles. The van der Waals surface area contributed by atoms with Crippen LogP contribution in [-0.2, 0) is 27.9 Å². The average Bonchev–Trinajstić information content (AvgIpc) is 2.78.